The van der Waals surface area contributed by atoms with Crippen molar-refractivity contribution in [1.29, 1.82) is 0 Å². The molecule has 0 radical (unpaired) electrons. The SMILES string of the molecule is Cc1ncc(NC(=O)c2cccc(C(F)(F)F)c2)cc1-c1cc(C2(C)COC2)c(=O)[nH]n1.Cc1ncc(NC(=O)c2cccc(C(F)(F)F)c2)cc1-c1cc(C2(C)COC2)c(Cl)nn1. The Labute approximate surface area is 365 Å². The molecule has 332 valence electrons. The van der Waals surface area contributed by atoms with Gasteiger partial charge in [-0.2, -0.15) is 31.4 Å². The molecule has 13 nitrogen and oxygen atoms in total. The van der Waals surface area contributed by atoms with E-state index in [0.717, 1.165) is 29.8 Å². The number of halogens is 7. The van der Waals surface area contributed by atoms with Crippen molar-refractivity contribution < 1.29 is 45.4 Å². The second kappa shape index (κ2) is 17.5. The van der Waals surface area contributed by atoms with Crippen LogP contribution in [0.2, 0.25) is 5.15 Å². The highest BCUT2D eigenvalue weighted by atomic mass is 35.5. The van der Waals surface area contributed by atoms with E-state index in [1.54, 1.807) is 32.0 Å². The van der Waals surface area contributed by atoms with E-state index in [1.165, 1.54) is 36.7 Å². The van der Waals surface area contributed by atoms with Gasteiger partial charge in [-0.25, -0.2) is 5.10 Å². The number of carbonyl (C=O) groups is 2. The summed E-state index contributed by atoms with van der Waals surface area (Å²) in [5.41, 5.74) is 2.25. The van der Waals surface area contributed by atoms with E-state index >= 15 is 0 Å². The summed E-state index contributed by atoms with van der Waals surface area (Å²) in [5.74, 6) is -1.39. The molecule has 0 atom stereocenters. The van der Waals surface area contributed by atoms with Gasteiger partial charge >= 0.3 is 12.4 Å². The normalized spacial score (nSPS) is 15.2. The molecule has 2 aromatic carbocycles. The van der Waals surface area contributed by atoms with Crippen molar-refractivity contribution in [1.82, 2.24) is 30.4 Å². The molecule has 4 aromatic heterocycles. The number of aromatic amines is 1. The van der Waals surface area contributed by atoms with Crippen LogP contribution in [0.25, 0.3) is 22.5 Å². The first kappa shape index (κ1) is 45.5. The van der Waals surface area contributed by atoms with Crippen molar-refractivity contribution in [2.24, 2.45) is 0 Å². The summed E-state index contributed by atoms with van der Waals surface area (Å²) in [7, 11) is 0. The quantitative estimate of drug-likeness (QED) is 0.125. The lowest BCUT2D eigenvalue weighted by Crippen LogP contribution is -2.47. The summed E-state index contributed by atoms with van der Waals surface area (Å²) in [6.07, 6.45) is -6.26. The molecule has 0 unspecified atom stereocenters. The van der Waals surface area contributed by atoms with Crippen LogP contribution in [0, 0.1) is 13.8 Å². The molecule has 64 heavy (non-hydrogen) atoms. The Balaban J connectivity index is 0.000000191. The predicted molar refractivity (Wildman–Crippen MR) is 223 cm³/mol. The fraction of sp³-hybridized carbons (Fsp3) is 0.273. The summed E-state index contributed by atoms with van der Waals surface area (Å²) >= 11 is 6.25. The van der Waals surface area contributed by atoms with Gasteiger partial charge in [0.15, 0.2) is 5.15 Å². The third kappa shape index (κ3) is 9.80. The molecule has 2 amide bonds. The van der Waals surface area contributed by atoms with Crippen LogP contribution >= 0.6 is 11.6 Å². The molecule has 2 aliphatic rings. The zero-order chi connectivity index (χ0) is 46.2. The van der Waals surface area contributed by atoms with Gasteiger partial charge in [0.1, 0.15) is 0 Å². The van der Waals surface area contributed by atoms with Crippen molar-refractivity contribution in [2.75, 3.05) is 37.1 Å². The number of carbonyl (C=O) groups excluding carboxylic acids is 2. The summed E-state index contributed by atoms with van der Waals surface area (Å²) in [4.78, 5) is 45.9. The van der Waals surface area contributed by atoms with Crippen LogP contribution in [0.1, 0.15) is 68.2 Å². The van der Waals surface area contributed by atoms with Crippen LogP contribution in [0.3, 0.4) is 0 Å². The number of alkyl halides is 6. The van der Waals surface area contributed by atoms with Crippen molar-refractivity contribution in [3.8, 4) is 22.5 Å². The van der Waals surface area contributed by atoms with E-state index in [0.29, 0.717) is 76.7 Å². The third-order valence-electron chi connectivity index (χ3n) is 10.7. The maximum atomic E-state index is 12.9. The van der Waals surface area contributed by atoms with Gasteiger partial charge in [-0.1, -0.05) is 37.6 Å². The number of amides is 2. The molecule has 2 aliphatic heterocycles. The Morgan fingerprint density at radius 3 is 1.58 bits per heavy atom. The minimum Gasteiger partial charge on any atom is -0.379 e. The minimum absolute atomic E-state index is 0.117. The summed E-state index contributed by atoms with van der Waals surface area (Å²) < 4.78 is 88.2. The Morgan fingerprint density at radius 2 is 1.12 bits per heavy atom. The van der Waals surface area contributed by atoms with Gasteiger partial charge in [-0.3, -0.25) is 24.4 Å². The number of H-pyrrole nitrogens is 1. The van der Waals surface area contributed by atoms with Crippen LogP contribution in [0.15, 0.2) is 90.0 Å². The first-order valence-electron chi connectivity index (χ1n) is 19.3. The Bertz CT molecular complexity index is 2830. The van der Waals surface area contributed by atoms with Crippen LogP contribution in [0.5, 0.6) is 0 Å². The summed E-state index contributed by atoms with van der Waals surface area (Å²) in [6.45, 7) is 9.33. The molecule has 3 N–H and O–H groups in total. The van der Waals surface area contributed by atoms with Crippen LogP contribution < -0.4 is 16.2 Å². The first-order valence-corrected chi connectivity index (χ1v) is 19.7. The van der Waals surface area contributed by atoms with Crippen molar-refractivity contribution in [2.45, 2.75) is 50.9 Å². The van der Waals surface area contributed by atoms with Crippen LogP contribution in [-0.2, 0) is 32.7 Å². The fourth-order valence-corrected chi connectivity index (χ4v) is 7.17. The van der Waals surface area contributed by atoms with Gasteiger partial charge in [-0.05, 0) is 74.5 Å². The molecular weight excluding hydrogens is 870 g/mol. The Morgan fingerprint density at radius 1 is 0.672 bits per heavy atom. The number of nitrogens with zero attached hydrogens (tertiary/aromatic N) is 5. The third-order valence-corrected chi connectivity index (χ3v) is 11.0. The average molecular weight is 907 g/mol. The molecule has 0 saturated carbocycles. The number of nitrogens with one attached hydrogen (secondary N) is 3. The minimum atomic E-state index is -4.55. The summed E-state index contributed by atoms with van der Waals surface area (Å²) in [5, 5.41) is 20.3. The van der Waals surface area contributed by atoms with Gasteiger partial charge < -0.3 is 20.1 Å². The standard InChI is InChI=1S/C22H18ClF3N4O2.C22H19F3N4O3/c1-12-16(18-8-17(19(23)30-29-18)21(2)10-32-11-21)7-15(9-27-12)28-20(31)13-4-3-5-14(6-13)22(24,25)26;1-12-16(18-8-17(20(31)29-28-18)21(2)10-32-11-21)7-15(9-26-12)27-19(30)13-4-3-5-14(6-13)22(23,24)25/h3-9H,10-11H2,1-2H3,(H,28,31);3-9H,10-11H2,1-2H3,(H,27,30)(H,29,31). The molecule has 0 bridgehead atoms. The van der Waals surface area contributed by atoms with E-state index in [4.69, 9.17) is 21.1 Å². The zero-order valence-corrected chi connectivity index (χ0v) is 35.1. The highest BCUT2D eigenvalue weighted by Crippen LogP contribution is 2.38. The first-order chi connectivity index (χ1) is 30.1. The highest BCUT2D eigenvalue weighted by molar-refractivity contribution is 6.30. The number of ether oxygens (including phenoxy) is 2. The molecule has 8 rings (SSSR count). The van der Waals surface area contributed by atoms with Gasteiger partial charge in [0.2, 0.25) is 0 Å². The fourth-order valence-electron chi connectivity index (χ4n) is 6.85. The maximum Gasteiger partial charge on any atom is 0.416 e. The van der Waals surface area contributed by atoms with E-state index in [2.05, 4.69) is 41.0 Å². The lowest BCUT2D eigenvalue weighted by atomic mass is 9.81. The number of anilines is 2. The van der Waals surface area contributed by atoms with E-state index in [1.807, 2.05) is 19.9 Å². The molecular formula is C44H37ClF6N8O5. The Kier molecular flexibility index (Phi) is 12.5. The molecule has 0 aliphatic carbocycles. The maximum absolute atomic E-state index is 12.9. The second-order valence-electron chi connectivity index (χ2n) is 15.8. The number of hydrogen-bond donors (Lipinski definition) is 3. The van der Waals surface area contributed by atoms with Crippen molar-refractivity contribution in [3.05, 3.63) is 145 Å². The average Bonchev–Trinajstić information content (AvgIpc) is 3.23. The lowest BCUT2D eigenvalue weighted by molar-refractivity contribution is -0.138. The lowest BCUT2D eigenvalue weighted by Gasteiger charge is -2.38. The smallest absolute Gasteiger partial charge is 0.379 e. The molecule has 2 fully saturated rings. The molecule has 2 saturated heterocycles. The number of aryl methyl sites for hydroxylation is 2. The second-order valence-corrected chi connectivity index (χ2v) is 16.2. The van der Waals surface area contributed by atoms with E-state index in [9.17, 15) is 40.7 Å². The van der Waals surface area contributed by atoms with Crippen LogP contribution in [-0.4, -0.2) is 68.6 Å². The molecule has 6 aromatic rings. The molecule has 0 spiro atoms. The number of hydrogen-bond acceptors (Lipinski definition) is 10. The van der Waals surface area contributed by atoms with Crippen molar-refractivity contribution in [3.63, 3.8) is 0 Å². The number of aromatic nitrogens is 6. The van der Waals surface area contributed by atoms with Gasteiger partial charge in [0, 0.05) is 55.6 Å². The number of rotatable bonds is 8. The van der Waals surface area contributed by atoms with E-state index in [-0.39, 0.29) is 27.8 Å². The molecule has 20 heteroatoms. The van der Waals surface area contributed by atoms with Crippen LogP contribution in [0.4, 0.5) is 37.7 Å². The van der Waals surface area contributed by atoms with Gasteiger partial charge in [-0.15, -0.1) is 10.2 Å². The van der Waals surface area contributed by atoms with Crippen molar-refractivity contribution >= 4 is 34.8 Å². The Hall–Kier alpha value is -6.57. The predicted octanol–water partition coefficient (Wildman–Crippen LogP) is 8.76. The number of pyridine rings is 2. The largest absolute Gasteiger partial charge is 0.416 e. The van der Waals surface area contributed by atoms with Gasteiger partial charge in [0.25, 0.3) is 17.4 Å². The zero-order valence-electron chi connectivity index (χ0n) is 34.3. The topological polar surface area (TPSA) is 174 Å². The number of benzene rings is 2. The summed E-state index contributed by atoms with van der Waals surface area (Å²) in [6, 6.07) is 15.1. The molecule has 6 heterocycles. The monoisotopic (exact) mass is 906 g/mol. The highest BCUT2D eigenvalue weighted by Gasteiger charge is 2.39. The van der Waals surface area contributed by atoms with E-state index < -0.39 is 40.7 Å². The van der Waals surface area contributed by atoms with Gasteiger partial charge in [0.05, 0.1) is 72.7 Å².